The summed E-state index contributed by atoms with van der Waals surface area (Å²) in [7, 11) is 1.95. The van der Waals surface area contributed by atoms with Crippen molar-refractivity contribution in [3.63, 3.8) is 0 Å². The summed E-state index contributed by atoms with van der Waals surface area (Å²) in [6, 6.07) is 9.29. The highest BCUT2D eigenvalue weighted by atomic mass is 35.5. The van der Waals surface area contributed by atoms with Crippen LogP contribution in [0.3, 0.4) is 0 Å². The third-order valence-electron chi connectivity index (χ3n) is 8.58. The fourth-order valence-corrected chi connectivity index (χ4v) is 6.07. The van der Waals surface area contributed by atoms with E-state index in [9.17, 15) is 14.4 Å². The summed E-state index contributed by atoms with van der Waals surface area (Å²) in [5.41, 5.74) is 2.95. The van der Waals surface area contributed by atoms with E-state index < -0.39 is 17.8 Å². The van der Waals surface area contributed by atoms with Gasteiger partial charge >= 0.3 is 12.2 Å². The highest BCUT2D eigenvalue weighted by molar-refractivity contribution is 6.33. The highest BCUT2D eigenvalue weighted by Crippen LogP contribution is 2.37. The molecular weight excluding hydrogens is 648 g/mol. The fraction of sp³-hybridized carbons (Fsp3) is 0.543. The average Bonchev–Trinajstić information content (AvgIpc) is 3.82. The van der Waals surface area contributed by atoms with Crippen molar-refractivity contribution in [3.05, 3.63) is 59.0 Å². The van der Waals surface area contributed by atoms with E-state index in [1.54, 1.807) is 27.0 Å². The molecule has 0 unspecified atom stereocenters. The van der Waals surface area contributed by atoms with Crippen molar-refractivity contribution in [2.75, 3.05) is 25.0 Å². The van der Waals surface area contributed by atoms with E-state index in [-0.39, 0.29) is 44.2 Å². The number of aryl methyl sites for hydroxylation is 1. The van der Waals surface area contributed by atoms with Gasteiger partial charge in [-0.3, -0.25) is 14.4 Å². The van der Waals surface area contributed by atoms with Crippen LogP contribution in [-0.4, -0.2) is 80.1 Å². The van der Waals surface area contributed by atoms with E-state index >= 15 is 0 Å². The molecule has 3 amide bonds. The van der Waals surface area contributed by atoms with Crippen molar-refractivity contribution in [2.24, 2.45) is 13.0 Å². The fourth-order valence-electron chi connectivity index (χ4n) is 5.87. The maximum Gasteiger partial charge on any atom is 0.410 e. The summed E-state index contributed by atoms with van der Waals surface area (Å²) in [6.07, 6.45) is 8.52. The first-order valence-electron chi connectivity index (χ1n) is 17.0. The summed E-state index contributed by atoms with van der Waals surface area (Å²) in [5, 5.41) is 13.8. The number of amides is 3. The molecule has 13 nitrogen and oxygen atoms in total. The largest absolute Gasteiger partial charge is 0.445 e. The van der Waals surface area contributed by atoms with Gasteiger partial charge in [-0.25, -0.2) is 19.6 Å². The van der Waals surface area contributed by atoms with Gasteiger partial charge in [0, 0.05) is 43.5 Å². The lowest BCUT2D eigenvalue weighted by molar-refractivity contribution is -0.122. The monoisotopic (exact) mass is 694 g/mol. The molecule has 2 aromatic heterocycles. The van der Waals surface area contributed by atoms with Gasteiger partial charge < -0.3 is 25.4 Å². The van der Waals surface area contributed by atoms with Crippen LogP contribution in [-0.2, 0) is 34.3 Å². The van der Waals surface area contributed by atoms with Gasteiger partial charge in [0.25, 0.3) is 0 Å². The van der Waals surface area contributed by atoms with Crippen LogP contribution in [0.25, 0.3) is 11.3 Å². The average molecular weight is 695 g/mol. The topological polar surface area (TPSA) is 153 Å². The van der Waals surface area contributed by atoms with E-state index in [0.717, 1.165) is 36.1 Å². The van der Waals surface area contributed by atoms with Crippen LogP contribution in [0, 0.1) is 5.92 Å². The van der Waals surface area contributed by atoms with Gasteiger partial charge in [-0.1, -0.05) is 41.9 Å². The Morgan fingerprint density at radius 3 is 2.41 bits per heavy atom. The minimum atomic E-state index is -0.619. The maximum absolute atomic E-state index is 13.4. The van der Waals surface area contributed by atoms with Crippen LogP contribution in [0.4, 0.5) is 15.5 Å². The van der Waals surface area contributed by atoms with Gasteiger partial charge in [-0.05, 0) is 77.2 Å². The van der Waals surface area contributed by atoms with Gasteiger partial charge in [0.15, 0.2) is 0 Å². The zero-order valence-electron chi connectivity index (χ0n) is 28.7. The Morgan fingerprint density at radius 2 is 1.71 bits per heavy atom. The van der Waals surface area contributed by atoms with Crippen molar-refractivity contribution in [1.29, 1.82) is 0 Å². The van der Waals surface area contributed by atoms with Crippen LogP contribution in [0.15, 0.2) is 42.7 Å². The molecule has 0 spiro atoms. The molecule has 2 heterocycles. The molecule has 2 fully saturated rings. The number of rotatable bonds is 13. The lowest BCUT2D eigenvalue weighted by Gasteiger charge is -2.36. The number of carbonyl (C=O) groups is 3. The number of alkyl carbamates (subject to hydrolysis) is 1. The Balaban J connectivity index is 1.17. The summed E-state index contributed by atoms with van der Waals surface area (Å²) in [5.74, 6) is 0.828. The normalized spacial score (nSPS) is 17.6. The second-order valence-corrected chi connectivity index (χ2v) is 14.2. The van der Waals surface area contributed by atoms with Crippen LogP contribution in [0.5, 0.6) is 0 Å². The molecule has 0 aliphatic heterocycles. The quantitative estimate of drug-likeness (QED) is 0.197. The van der Waals surface area contributed by atoms with E-state index in [4.69, 9.17) is 26.1 Å². The van der Waals surface area contributed by atoms with Gasteiger partial charge in [-0.2, -0.15) is 5.10 Å². The molecule has 3 aromatic rings. The van der Waals surface area contributed by atoms with E-state index in [1.165, 1.54) is 17.7 Å². The minimum Gasteiger partial charge on any atom is -0.445 e. The first-order valence-corrected chi connectivity index (χ1v) is 17.3. The SMILES string of the molecule is Cn1ncc(-c2nc(NC3CCC(N(CC(=O)NCCNC(=O)OC(C)(C)C)C(=O)OCc4ccccc4)CC3)ncc2Cl)c1CC1CC1. The Hall–Kier alpha value is -4.39. The summed E-state index contributed by atoms with van der Waals surface area (Å²) >= 11 is 6.58. The number of aromatic nitrogens is 4. The zero-order chi connectivity index (χ0) is 35.0. The number of hydrogen-bond acceptors (Lipinski definition) is 9. The number of nitrogens with zero attached hydrogens (tertiary/aromatic N) is 5. The third kappa shape index (κ3) is 10.8. The number of ether oxygens (including phenoxy) is 2. The molecule has 1 aromatic carbocycles. The van der Waals surface area contributed by atoms with Gasteiger partial charge in [0.1, 0.15) is 18.8 Å². The van der Waals surface area contributed by atoms with Crippen molar-refractivity contribution in [2.45, 2.75) is 90.0 Å². The molecule has 5 rings (SSSR count). The van der Waals surface area contributed by atoms with Crippen LogP contribution in [0.1, 0.15) is 70.6 Å². The van der Waals surface area contributed by atoms with Crippen molar-refractivity contribution in [1.82, 2.24) is 35.3 Å². The smallest absolute Gasteiger partial charge is 0.410 e. The molecule has 264 valence electrons. The number of benzene rings is 1. The second-order valence-electron chi connectivity index (χ2n) is 13.8. The number of carbonyl (C=O) groups excluding carboxylic acids is 3. The van der Waals surface area contributed by atoms with Gasteiger partial charge in [-0.15, -0.1) is 0 Å². The van der Waals surface area contributed by atoms with E-state index in [1.807, 2.05) is 48.3 Å². The molecule has 0 atom stereocenters. The van der Waals surface area contributed by atoms with Crippen molar-refractivity contribution in [3.8, 4) is 11.3 Å². The lowest BCUT2D eigenvalue weighted by Crippen LogP contribution is -2.49. The molecule has 2 aliphatic rings. The van der Waals surface area contributed by atoms with Crippen molar-refractivity contribution >= 4 is 35.6 Å². The van der Waals surface area contributed by atoms with Crippen molar-refractivity contribution < 1.29 is 23.9 Å². The highest BCUT2D eigenvalue weighted by Gasteiger charge is 2.32. The molecular formula is C35H47ClN8O5. The third-order valence-corrected chi connectivity index (χ3v) is 8.86. The molecule has 49 heavy (non-hydrogen) atoms. The minimum absolute atomic E-state index is 0.0695. The van der Waals surface area contributed by atoms with Gasteiger partial charge in [0.2, 0.25) is 11.9 Å². The van der Waals surface area contributed by atoms with Gasteiger partial charge in [0.05, 0.1) is 23.1 Å². The molecule has 0 radical (unpaired) electrons. The molecule has 3 N–H and O–H groups in total. The first-order chi connectivity index (χ1) is 23.4. The molecule has 14 heteroatoms. The molecule has 0 saturated heterocycles. The molecule has 0 bridgehead atoms. The Morgan fingerprint density at radius 1 is 1.00 bits per heavy atom. The summed E-state index contributed by atoms with van der Waals surface area (Å²) < 4.78 is 12.8. The summed E-state index contributed by atoms with van der Waals surface area (Å²) in [4.78, 5) is 49.0. The van der Waals surface area contributed by atoms with Crippen LogP contribution in [0.2, 0.25) is 5.02 Å². The zero-order valence-corrected chi connectivity index (χ0v) is 29.5. The molecule has 2 aliphatic carbocycles. The van der Waals surface area contributed by atoms with E-state index in [2.05, 4.69) is 26.0 Å². The lowest BCUT2D eigenvalue weighted by atomic mass is 9.90. The number of anilines is 1. The maximum atomic E-state index is 13.4. The Labute approximate surface area is 292 Å². The number of hydrogen-bond donors (Lipinski definition) is 3. The van der Waals surface area contributed by atoms with E-state index in [0.29, 0.717) is 35.4 Å². The standard InChI is InChI=1S/C35H47ClN8O5/c1-35(2,3)49-33(46)38-17-16-37-30(45)21-44(34(47)48-22-24-8-6-5-7-9-24)26-14-12-25(13-15-26)41-32-39-20-28(36)31(42-32)27-19-40-43(4)29(27)18-23-10-11-23/h5-9,19-20,23,25-26H,10-18,21-22H2,1-4H3,(H,37,45)(H,38,46)(H,39,41,42). The molecule has 2 saturated carbocycles. The van der Waals surface area contributed by atoms with Crippen LogP contribution < -0.4 is 16.0 Å². The Kier molecular flexibility index (Phi) is 12.0. The predicted molar refractivity (Wildman–Crippen MR) is 186 cm³/mol. The summed E-state index contributed by atoms with van der Waals surface area (Å²) in [6.45, 7) is 5.64. The Bertz CT molecular complexity index is 1580. The number of nitrogens with one attached hydrogen (secondary N) is 3. The predicted octanol–water partition coefficient (Wildman–Crippen LogP) is 5.49. The van der Waals surface area contributed by atoms with Crippen LogP contribution >= 0.6 is 11.6 Å². The second kappa shape index (κ2) is 16.3. The number of halogens is 1. The first kappa shape index (κ1) is 35.9.